The van der Waals surface area contributed by atoms with E-state index in [0.717, 1.165) is 32.2 Å². The summed E-state index contributed by atoms with van der Waals surface area (Å²) in [6.07, 6.45) is 4.44. The second-order valence-corrected chi connectivity index (χ2v) is 6.31. The topological polar surface area (TPSA) is 57.6 Å². The Bertz CT molecular complexity index is 347. The number of carboxylic acids is 1. The third-order valence-electron chi connectivity index (χ3n) is 4.16. The van der Waals surface area contributed by atoms with Crippen LogP contribution in [0.4, 0.5) is 0 Å². The normalized spacial score (nSPS) is 26.2. The summed E-state index contributed by atoms with van der Waals surface area (Å²) in [7, 11) is 0. The molecule has 1 aliphatic heterocycles. The third-order valence-corrected chi connectivity index (χ3v) is 4.16. The van der Waals surface area contributed by atoms with Crippen molar-refractivity contribution in [2.24, 2.45) is 17.3 Å². The Balaban J connectivity index is 1.99. The first kappa shape index (κ1) is 13.4. The summed E-state index contributed by atoms with van der Waals surface area (Å²) in [5.74, 6) is -0.391. The van der Waals surface area contributed by atoms with E-state index in [-0.39, 0.29) is 17.2 Å². The highest BCUT2D eigenvalue weighted by atomic mass is 16.4. The van der Waals surface area contributed by atoms with Gasteiger partial charge in [-0.25, -0.2) is 0 Å². The van der Waals surface area contributed by atoms with E-state index in [9.17, 15) is 9.59 Å². The van der Waals surface area contributed by atoms with Crippen LogP contribution in [-0.4, -0.2) is 35.0 Å². The lowest BCUT2D eigenvalue weighted by Crippen LogP contribution is -2.45. The number of likely N-dealkylation sites (tertiary alicyclic amines) is 1. The molecule has 1 saturated carbocycles. The van der Waals surface area contributed by atoms with Gasteiger partial charge in [-0.2, -0.15) is 0 Å². The third kappa shape index (κ3) is 2.68. The van der Waals surface area contributed by atoms with Gasteiger partial charge in [-0.15, -0.1) is 0 Å². The molecule has 1 heterocycles. The molecule has 1 amide bonds. The molecule has 1 saturated heterocycles. The van der Waals surface area contributed by atoms with Crippen molar-refractivity contribution in [1.29, 1.82) is 0 Å². The number of rotatable bonds is 4. The number of carbonyl (C=O) groups is 2. The number of nitrogens with zero attached hydrogens (tertiary/aromatic N) is 1. The molecule has 4 nitrogen and oxygen atoms in total. The SMILES string of the molecule is CC(C)CC1(C(=O)N2CCCC(C(=O)O)C2)CC1. The zero-order chi connectivity index (χ0) is 13.3. The molecule has 0 bridgehead atoms. The van der Waals surface area contributed by atoms with Gasteiger partial charge in [0.1, 0.15) is 0 Å². The Morgan fingerprint density at radius 3 is 2.56 bits per heavy atom. The lowest BCUT2D eigenvalue weighted by Gasteiger charge is -2.34. The molecular weight excluding hydrogens is 230 g/mol. The van der Waals surface area contributed by atoms with Gasteiger partial charge >= 0.3 is 5.97 Å². The summed E-state index contributed by atoms with van der Waals surface area (Å²) in [5, 5.41) is 9.06. The molecule has 4 heteroatoms. The fourth-order valence-electron chi connectivity index (χ4n) is 3.14. The Kier molecular flexibility index (Phi) is 3.64. The summed E-state index contributed by atoms with van der Waals surface area (Å²) < 4.78 is 0. The number of amides is 1. The van der Waals surface area contributed by atoms with Crippen LogP contribution in [0.25, 0.3) is 0 Å². The number of carbonyl (C=O) groups excluding carboxylic acids is 1. The van der Waals surface area contributed by atoms with Gasteiger partial charge < -0.3 is 10.0 Å². The molecule has 0 aromatic carbocycles. The zero-order valence-corrected chi connectivity index (χ0v) is 11.3. The maximum atomic E-state index is 12.5. The van der Waals surface area contributed by atoms with E-state index < -0.39 is 5.97 Å². The van der Waals surface area contributed by atoms with E-state index in [1.165, 1.54) is 0 Å². The van der Waals surface area contributed by atoms with E-state index in [4.69, 9.17) is 5.11 Å². The van der Waals surface area contributed by atoms with Crippen LogP contribution in [0, 0.1) is 17.3 Å². The number of piperidine rings is 1. The summed E-state index contributed by atoms with van der Waals surface area (Å²) >= 11 is 0. The van der Waals surface area contributed by atoms with E-state index in [1.807, 2.05) is 0 Å². The number of carboxylic acid groups (broad SMARTS) is 1. The van der Waals surface area contributed by atoms with Crippen molar-refractivity contribution >= 4 is 11.9 Å². The highest BCUT2D eigenvalue weighted by molar-refractivity contribution is 5.86. The van der Waals surface area contributed by atoms with Gasteiger partial charge in [0.15, 0.2) is 0 Å². The number of hydrogen-bond acceptors (Lipinski definition) is 2. The van der Waals surface area contributed by atoms with E-state index in [2.05, 4.69) is 13.8 Å². The van der Waals surface area contributed by atoms with Crippen molar-refractivity contribution in [1.82, 2.24) is 4.90 Å². The Labute approximate surface area is 108 Å². The van der Waals surface area contributed by atoms with Crippen LogP contribution in [-0.2, 0) is 9.59 Å². The van der Waals surface area contributed by atoms with Crippen molar-refractivity contribution in [3.8, 4) is 0 Å². The first-order chi connectivity index (χ1) is 8.44. The van der Waals surface area contributed by atoms with Crippen LogP contribution in [0.5, 0.6) is 0 Å². The first-order valence-electron chi connectivity index (χ1n) is 6.97. The lowest BCUT2D eigenvalue weighted by atomic mass is 9.90. The minimum Gasteiger partial charge on any atom is -0.481 e. The lowest BCUT2D eigenvalue weighted by molar-refractivity contribution is -0.147. The fourth-order valence-corrected chi connectivity index (χ4v) is 3.14. The van der Waals surface area contributed by atoms with E-state index in [1.54, 1.807) is 4.90 Å². The monoisotopic (exact) mass is 253 g/mol. The van der Waals surface area contributed by atoms with Crippen LogP contribution >= 0.6 is 0 Å². The smallest absolute Gasteiger partial charge is 0.308 e. The predicted octanol–water partition coefficient (Wildman–Crippen LogP) is 2.14. The fraction of sp³-hybridized carbons (Fsp3) is 0.857. The van der Waals surface area contributed by atoms with Gasteiger partial charge in [0.2, 0.25) is 5.91 Å². The van der Waals surface area contributed by atoms with Gasteiger partial charge in [0.05, 0.1) is 5.92 Å². The maximum Gasteiger partial charge on any atom is 0.308 e. The molecule has 0 aromatic heterocycles. The molecule has 1 N–H and O–H groups in total. The van der Waals surface area contributed by atoms with Crippen molar-refractivity contribution < 1.29 is 14.7 Å². The molecule has 2 rings (SSSR count). The molecule has 2 aliphatic rings. The van der Waals surface area contributed by atoms with Gasteiger partial charge in [0.25, 0.3) is 0 Å². The van der Waals surface area contributed by atoms with Crippen LogP contribution in [0.15, 0.2) is 0 Å². The van der Waals surface area contributed by atoms with E-state index in [0.29, 0.717) is 18.9 Å². The predicted molar refractivity (Wildman–Crippen MR) is 68.1 cm³/mol. The number of hydrogen-bond donors (Lipinski definition) is 1. The van der Waals surface area contributed by atoms with Crippen molar-refractivity contribution in [2.75, 3.05) is 13.1 Å². The average molecular weight is 253 g/mol. The Morgan fingerprint density at radius 2 is 2.06 bits per heavy atom. The van der Waals surface area contributed by atoms with Gasteiger partial charge in [-0.1, -0.05) is 13.8 Å². The average Bonchev–Trinajstić information content (AvgIpc) is 3.08. The summed E-state index contributed by atoms with van der Waals surface area (Å²) in [6.45, 7) is 5.43. The van der Waals surface area contributed by atoms with Crippen LogP contribution in [0.2, 0.25) is 0 Å². The van der Waals surface area contributed by atoms with Crippen molar-refractivity contribution in [2.45, 2.75) is 46.0 Å². The van der Waals surface area contributed by atoms with Crippen LogP contribution in [0.3, 0.4) is 0 Å². The second kappa shape index (κ2) is 4.90. The molecule has 0 radical (unpaired) electrons. The molecule has 0 aromatic rings. The molecule has 0 spiro atoms. The maximum absolute atomic E-state index is 12.5. The molecular formula is C14H23NO3. The molecule has 1 atom stereocenters. The zero-order valence-electron chi connectivity index (χ0n) is 11.3. The van der Waals surface area contributed by atoms with Crippen LogP contribution in [0.1, 0.15) is 46.0 Å². The van der Waals surface area contributed by atoms with Crippen molar-refractivity contribution in [3.63, 3.8) is 0 Å². The molecule has 2 fully saturated rings. The highest BCUT2D eigenvalue weighted by Crippen LogP contribution is 2.52. The van der Waals surface area contributed by atoms with Gasteiger partial charge in [-0.3, -0.25) is 9.59 Å². The van der Waals surface area contributed by atoms with Crippen LogP contribution < -0.4 is 0 Å². The quantitative estimate of drug-likeness (QED) is 0.835. The number of aliphatic carboxylic acids is 1. The minimum absolute atomic E-state index is 0.144. The molecule has 1 aliphatic carbocycles. The summed E-state index contributed by atoms with van der Waals surface area (Å²) in [4.78, 5) is 25.3. The summed E-state index contributed by atoms with van der Waals surface area (Å²) in [5.41, 5.74) is -0.144. The molecule has 18 heavy (non-hydrogen) atoms. The highest BCUT2D eigenvalue weighted by Gasteiger charge is 2.52. The van der Waals surface area contributed by atoms with E-state index >= 15 is 0 Å². The first-order valence-corrected chi connectivity index (χ1v) is 6.97. The standard InChI is InChI=1S/C14H23NO3/c1-10(2)8-14(5-6-14)13(18)15-7-3-4-11(9-15)12(16)17/h10-11H,3-9H2,1-2H3,(H,16,17). The largest absolute Gasteiger partial charge is 0.481 e. The summed E-state index contributed by atoms with van der Waals surface area (Å²) in [6, 6.07) is 0. The van der Waals surface area contributed by atoms with Gasteiger partial charge in [-0.05, 0) is 38.0 Å². The molecule has 1 unspecified atom stereocenters. The van der Waals surface area contributed by atoms with Gasteiger partial charge in [0, 0.05) is 18.5 Å². The Hall–Kier alpha value is -1.06. The second-order valence-electron chi connectivity index (χ2n) is 6.31. The molecule has 102 valence electrons. The Morgan fingerprint density at radius 1 is 1.39 bits per heavy atom. The van der Waals surface area contributed by atoms with Crippen molar-refractivity contribution in [3.05, 3.63) is 0 Å². The minimum atomic E-state index is -0.763.